The van der Waals surface area contributed by atoms with E-state index >= 15 is 0 Å². The number of rotatable bonds is 4. The molecule has 0 aliphatic carbocycles. The van der Waals surface area contributed by atoms with E-state index in [1.165, 1.54) is 0 Å². The van der Waals surface area contributed by atoms with Gasteiger partial charge < -0.3 is 15.0 Å². The number of ether oxygens (including phenoxy) is 1. The number of nitrogens with zero attached hydrogens (tertiary/aromatic N) is 2. The first-order valence-corrected chi connectivity index (χ1v) is 5.54. The van der Waals surface area contributed by atoms with Crippen LogP contribution in [0.4, 0.5) is 5.95 Å². The molecule has 0 fully saturated rings. The lowest BCUT2D eigenvalue weighted by Crippen LogP contribution is -2.14. The fourth-order valence-electron chi connectivity index (χ4n) is 1.89. The van der Waals surface area contributed by atoms with Gasteiger partial charge in [-0.3, -0.25) is 0 Å². The maximum absolute atomic E-state index is 5.92. The average molecular weight is 219 g/mol. The van der Waals surface area contributed by atoms with Crippen LogP contribution in [0.3, 0.4) is 0 Å². The first-order valence-electron chi connectivity index (χ1n) is 5.54. The van der Waals surface area contributed by atoms with Gasteiger partial charge in [0.05, 0.1) is 23.7 Å². The molecule has 16 heavy (non-hydrogen) atoms. The van der Waals surface area contributed by atoms with Crippen molar-refractivity contribution in [2.45, 2.75) is 19.9 Å². The van der Waals surface area contributed by atoms with Gasteiger partial charge >= 0.3 is 0 Å². The number of nitrogen functional groups attached to an aromatic ring is 1. The lowest BCUT2D eigenvalue weighted by atomic mass is 10.3. The molecular weight excluding hydrogens is 202 g/mol. The van der Waals surface area contributed by atoms with E-state index in [0.29, 0.717) is 12.6 Å². The van der Waals surface area contributed by atoms with Gasteiger partial charge in [0.25, 0.3) is 0 Å². The average Bonchev–Trinajstić information content (AvgIpc) is 2.62. The summed E-state index contributed by atoms with van der Waals surface area (Å²) in [5.41, 5.74) is 7.92. The smallest absolute Gasteiger partial charge is 0.201 e. The molecule has 1 atom stereocenters. The molecule has 0 bridgehead atoms. The highest BCUT2D eigenvalue weighted by Crippen LogP contribution is 2.22. The third-order valence-corrected chi connectivity index (χ3v) is 2.63. The minimum atomic E-state index is 0.201. The molecule has 86 valence electrons. The minimum Gasteiger partial charge on any atom is -0.380 e. The predicted octanol–water partition coefficient (Wildman–Crippen LogP) is 2.22. The zero-order valence-corrected chi connectivity index (χ0v) is 9.68. The summed E-state index contributed by atoms with van der Waals surface area (Å²) in [5.74, 6) is 0.549. The second-order valence-corrected chi connectivity index (χ2v) is 3.84. The van der Waals surface area contributed by atoms with Crippen LogP contribution in [0.25, 0.3) is 11.0 Å². The van der Waals surface area contributed by atoms with Gasteiger partial charge in [-0.1, -0.05) is 12.1 Å². The van der Waals surface area contributed by atoms with Gasteiger partial charge in [-0.25, -0.2) is 4.98 Å². The van der Waals surface area contributed by atoms with Gasteiger partial charge in [0.1, 0.15) is 0 Å². The minimum absolute atomic E-state index is 0.201. The Morgan fingerprint density at radius 3 is 2.94 bits per heavy atom. The first kappa shape index (κ1) is 11.0. The Bertz CT molecular complexity index is 478. The summed E-state index contributed by atoms with van der Waals surface area (Å²) < 4.78 is 7.44. The van der Waals surface area contributed by atoms with Crippen LogP contribution in [0.2, 0.25) is 0 Å². The SMILES string of the molecule is CCOCC(C)n1c(N)nc2ccccc21. The summed E-state index contributed by atoms with van der Waals surface area (Å²) in [7, 11) is 0. The third-order valence-electron chi connectivity index (χ3n) is 2.63. The number of fused-ring (bicyclic) bond motifs is 1. The van der Waals surface area contributed by atoms with Crippen molar-refractivity contribution in [3.05, 3.63) is 24.3 Å². The fraction of sp³-hybridized carbons (Fsp3) is 0.417. The van der Waals surface area contributed by atoms with Crippen LogP contribution in [0.5, 0.6) is 0 Å². The molecule has 2 rings (SSSR count). The fourth-order valence-corrected chi connectivity index (χ4v) is 1.89. The number of anilines is 1. The molecule has 1 aromatic carbocycles. The second kappa shape index (κ2) is 4.53. The van der Waals surface area contributed by atoms with Crippen molar-refractivity contribution in [2.24, 2.45) is 0 Å². The van der Waals surface area contributed by atoms with Crippen molar-refractivity contribution in [3.63, 3.8) is 0 Å². The summed E-state index contributed by atoms with van der Waals surface area (Å²) in [6.45, 7) is 5.44. The topological polar surface area (TPSA) is 53.1 Å². The lowest BCUT2D eigenvalue weighted by Gasteiger charge is -2.15. The maximum Gasteiger partial charge on any atom is 0.201 e. The Labute approximate surface area is 95.0 Å². The molecule has 0 saturated carbocycles. The number of benzene rings is 1. The van der Waals surface area contributed by atoms with E-state index in [1.54, 1.807) is 0 Å². The van der Waals surface area contributed by atoms with Gasteiger partial charge in [-0.2, -0.15) is 0 Å². The number of para-hydroxylation sites is 2. The van der Waals surface area contributed by atoms with Crippen LogP contribution in [-0.4, -0.2) is 22.8 Å². The number of hydrogen-bond donors (Lipinski definition) is 1. The second-order valence-electron chi connectivity index (χ2n) is 3.84. The van der Waals surface area contributed by atoms with Crippen LogP contribution in [-0.2, 0) is 4.74 Å². The normalized spacial score (nSPS) is 13.1. The van der Waals surface area contributed by atoms with E-state index < -0.39 is 0 Å². The van der Waals surface area contributed by atoms with Crippen LogP contribution in [0.15, 0.2) is 24.3 Å². The zero-order chi connectivity index (χ0) is 11.5. The van der Waals surface area contributed by atoms with E-state index in [1.807, 2.05) is 35.8 Å². The van der Waals surface area contributed by atoms with Gasteiger partial charge in [0.15, 0.2) is 0 Å². The Kier molecular flexibility index (Phi) is 3.10. The van der Waals surface area contributed by atoms with E-state index in [9.17, 15) is 0 Å². The van der Waals surface area contributed by atoms with Crippen LogP contribution in [0.1, 0.15) is 19.9 Å². The maximum atomic E-state index is 5.92. The Morgan fingerprint density at radius 1 is 1.44 bits per heavy atom. The Balaban J connectivity index is 2.38. The van der Waals surface area contributed by atoms with E-state index in [0.717, 1.165) is 17.6 Å². The number of nitrogens with two attached hydrogens (primary N) is 1. The van der Waals surface area contributed by atoms with Crippen molar-refractivity contribution < 1.29 is 4.74 Å². The molecule has 0 saturated heterocycles. The van der Waals surface area contributed by atoms with Crippen molar-refractivity contribution in [1.29, 1.82) is 0 Å². The van der Waals surface area contributed by atoms with Gasteiger partial charge in [0.2, 0.25) is 5.95 Å². The van der Waals surface area contributed by atoms with E-state index in [2.05, 4.69) is 11.9 Å². The highest BCUT2D eigenvalue weighted by atomic mass is 16.5. The van der Waals surface area contributed by atoms with Crippen LogP contribution < -0.4 is 5.73 Å². The highest BCUT2D eigenvalue weighted by molar-refractivity contribution is 5.78. The summed E-state index contributed by atoms with van der Waals surface area (Å²) in [6, 6.07) is 8.16. The van der Waals surface area contributed by atoms with Gasteiger partial charge in [-0.15, -0.1) is 0 Å². The van der Waals surface area contributed by atoms with E-state index in [4.69, 9.17) is 10.5 Å². The summed E-state index contributed by atoms with van der Waals surface area (Å²) in [5, 5.41) is 0. The Morgan fingerprint density at radius 2 is 2.19 bits per heavy atom. The van der Waals surface area contributed by atoms with Crippen LogP contribution >= 0.6 is 0 Å². The molecule has 1 heterocycles. The molecule has 0 spiro atoms. The van der Waals surface area contributed by atoms with Crippen molar-refractivity contribution in [1.82, 2.24) is 9.55 Å². The molecular formula is C12H17N3O. The molecule has 0 aliphatic rings. The summed E-state index contributed by atoms with van der Waals surface area (Å²) >= 11 is 0. The van der Waals surface area contributed by atoms with Crippen LogP contribution in [0, 0.1) is 0 Å². The molecule has 2 aromatic rings. The first-order chi connectivity index (χ1) is 7.74. The standard InChI is InChI=1S/C12H17N3O/c1-3-16-8-9(2)15-11-7-5-4-6-10(11)14-12(15)13/h4-7,9H,3,8H2,1-2H3,(H2,13,14). The summed E-state index contributed by atoms with van der Waals surface area (Å²) in [6.07, 6.45) is 0. The van der Waals surface area contributed by atoms with Gasteiger partial charge in [0, 0.05) is 6.61 Å². The summed E-state index contributed by atoms with van der Waals surface area (Å²) in [4.78, 5) is 4.33. The van der Waals surface area contributed by atoms with Crippen molar-refractivity contribution in [2.75, 3.05) is 18.9 Å². The molecule has 0 amide bonds. The molecule has 1 aromatic heterocycles. The molecule has 4 heteroatoms. The largest absolute Gasteiger partial charge is 0.380 e. The predicted molar refractivity (Wildman–Crippen MR) is 65.3 cm³/mol. The quantitative estimate of drug-likeness (QED) is 0.857. The monoisotopic (exact) mass is 219 g/mol. The molecule has 0 aliphatic heterocycles. The number of hydrogen-bond acceptors (Lipinski definition) is 3. The Hall–Kier alpha value is -1.55. The lowest BCUT2D eigenvalue weighted by molar-refractivity contribution is 0.120. The third kappa shape index (κ3) is 1.88. The molecule has 0 radical (unpaired) electrons. The number of aromatic nitrogens is 2. The highest BCUT2D eigenvalue weighted by Gasteiger charge is 2.13. The molecule has 1 unspecified atom stereocenters. The molecule has 2 N–H and O–H groups in total. The molecule has 4 nitrogen and oxygen atoms in total. The van der Waals surface area contributed by atoms with Gasteiger partial charge in [-0.05, 0) is 26.0 Å². The zero-order valence-electron chi connectivity index (χ0n) is 9.68. The van der Waals surface area contributed by atoms with Crippen molar-refractivity contribution >= 4 is 17.0 Å². The van der Waals surface area contributed by atoms with E-state index in [-0.39, 0.29) is 6.04 Å². The van der Waals surface area contributed by atoms with Crippen molar-refractivity contribution in [3.8, 4) is 0 Å². The number of imidazole rings is 1.